The molecule has 3 heteroatoms. The molecule has 0 atom stereocenters. The fourth-order valence-electron chi connectivity index (χ4n) is 2.77. The van der Waals surface area contributed by atoms with Crippen molar-refractivity contribution in [2.24, 2.45) is 5.92 Å². The molecule has 0 amide bonds. The molecule has 15 heavy (non-hydrogen) atoms. The Labute approximate surface area is 93.4 Å². The SMILES string of the molecule is CC1CN(CC(C)(C)N2CCOCC2)C1. The monoisotopic (exact) mass is 212 g/mol. The molecule has 2 heterocycles. The lowest BCUT2D eigenvalue weighted by Gasteiger charge is -2.47. The van der Waals surface area contributed by atoms with Gasteiger partial charge in [-0.1, -0.05) is 6.92 Å². The lowest BCUT2D eigenvalue weighted by Crippen LogP contribution is -2.59. The van der Waals surface area contributed by atoms with E-state index in [1.807, 2.05) is 0 Å². The molecule has 0 aliphatic carbocycles. The van der Waals surface area contributed by atoms with Gasteiger partial charge in [-0.3, -0.25) is 4.90 Å². The maximum absolute atomic E-state index is 5.40. The van der Waals surface area contributed by atoms with Crippen LogP contribution in [-0.4, -0.2) is 61.3 Å². The summed E-state index contributed by atoms with van der Waals surface area (Å²) in [4.78, 5) is 5.14. The average molecular weight is 212 g/mol. The molecule has 0 aromatic heterocycles. The van der Waals surface area contributed by atoms with E-state index in [0.717, 1.165) is 32.2 Å². The van der Waals surface area contributed by atoms with Crippen LogP contribution >= 0.6 is 0 Å². The predicted molar refractivity (Wildman–Crippen MR) is 62.1 cm³/mol. The van der Waals surface area contributed by atoms with Gasteiger partial charge in [0.1, 0.15) is 0 Å². The van der Waals surface area contributed by atoms with Crippen molar-refractivity contribution in [3.05, 3.63) is 0 Å². The number of morpholine rings is 1. The normalized spacial score (nSPS) is 26.6. The van der Waals surface area contributed by atoms with Crippen LogP contribution in [0.2, 0.25) is 0 Å². The maximum Gasteiger partial charge on any atom is 0.0594 e. The first-order valence-corrected chi connectivity index (χ1v) is 6.13. The van der Waals surface area contributed by atoms with Crippen molar-refractivity contribution in [1.82, 2.24) is 9.80 Å². The molecule has 2 aliphatic rings. The molecule has 0 spiro atoms. The minimum absolute atomic E-state index is 0.309. The maximum atomic E-state index is 5.40. The topological polar surface area (TPSA) is 15.7 Å². The summed E-state index contributed by atoms with van der Waals surface area (Å²) in [6, 6.07) is 0. The smallest absolute Gasteiger partial charge is 0.0594 e. The molecule has 0 unspecified atom stereocenters. The lowest BCUT2D eigenvalue weighted by atomic mass is 9.95. The second-order valence-electron chi connectivity index (χ2n) is 5.71. The van der Waals surface area contributed by atoms with Crippen LogP contribution in [0.5, 0.6) is 0 Å². The Balaban J connectivity index is 1.82. The van der Waals surface area contributed by atoms with Crippen LogP contribution < -0.4 is 0 Å². The second-order valence-corrected chi connectivity index (χ2v) is 5.71. The molecule has 2 rings (SSSR count). The zero-order chi connectivity index (χ0) is 10.9. The summed E-state index contributed by atoms with van der Waals surface area (Å²) in [5, 5.41) is 0. The highest BCUT2D eigenvalue weighted by Gasteiger charge is 2.33. The fourth-order valence-corrected chi connectivity index (χ4v) is 2.77. The van der Waals surface area contributed by atoms with Crippen LogP contribution in [0.15, 0.2) is 0 Å². The van der Waals surface area contributed by atoms with Crippen LogP contribution in [0.25, 0.3) is 0 Å². The van der Waals surface area contributed by atoms with Crippen LogP contribution in [0.1, 0.15) is 20.8 Å². The van der Waals surface area contributed by atoms with Gasteiger partial charge in [0, 0.05) is 38.3 Å². The van der Waals surface area contributed by atoms with E-state index < -0.39 is 0 Å². The molecule has 0 aromatic rings. The van der Waals surface area contributed by atoms with Gasteiger partial charge in [-0.05, 0) is 19.8 Å². The van der Waals surface area contributed by atoms with Gasteiger partial charge in [0.05, 0.1) is 13.2 Å². The highest BCUT2D eigenvalue weighted by Crippen LogP contribution is 2.22. The van der Waals surface area contributed by atoms with Gasteiger partial charge < -0.3 is 9.64 Å². The van der Waals surface area contributed by atoms with Gasteiger partial charge in [-0.25, -0.2) is 0 Å². The van der Waals surface area contributed by atoms with Crippen molar-refractivity contribution < 1.29 is 4.74 Å². The summed E-state index contributed by atoms with van der Waals surface area (Å²) in [6.45, 7) is 14.8. The number of ether oxygens (including phenoxy) is 1. The van der Waals surface area contributed by atoms with E-state index in [-0.39, 0.29) is 0 Å². The Morgan fingerprint density at radius 3 is 2.33 bits per heavy atom. The highest BCUT2D eigenvalue weighted by molar-refractivity contribution is 4.89. The van der Waals surface area contributed by atoms with Crippen molar-refractivity contribution in [1.29, 1.82) is 0 Å². The summed E-state index contributed by atoms with van der Waals surface area (Å²) < 4.78 is 5.40. The van der Waals surface area contributed by atoms with Crippen LogP contribution in [-0.2, 0) is 4.74 Å². The van der Waals surface area contributed by atoms with E-state index in [1.165, 1.54) is 19.6 Å². The minimum atomic E-state index is 0.309. The second kappa shape index (κ2) is 4.40. The van der Waals surface area contributed by atoms with Gasteiger partial charge in [-0.15, -0.1) is 0 Å². The summed E-state index contributed by atoms with van der Waals surface area (Å²) in [5.74, 6) is 0.908. The Kier molecular flexibility index (Phi) is 3.33. The van der Waals surface area contributed by atoms with Crippen LogP contribution in [0, 0.1) is 5.92 Å². The van der Waals surface area contributed by atoms with Gasteiger partial charge in [0.25, 0.3) is 0 Å². The van der Waals surface area contributed by atoms with E-state index in [0.29, 0.717) is 5.54 Å². The number of rotatable bonds is 3. The zero-order valence-corrected chi connectivity index (χ0v) is 10.3. The average Bonchev–Trinajstić information content (AvgIpc) is 2.17. The Morgan fingerprint density at radius 1 is 1.20 bits per heavy atom. The van der Waals surface area contributed by atoms with E-state index >= 15 is 0 Å². The molecular weight excluding hydrogens is 188 g/mol. The molecule has 0 saturated carbocycles. The lowest BCUT2D eigenvalue weighted by molar-refractivity contribution is -0.0349. The third kappa shape index (κ3) is 2.71. The number of nitrogens with zero attached hydrogens (tertiary/aromatic N) is 2. The quantitative estimate of drug-likeness (QED) is 0.695. The molecule has 2 saturated heterocycles. The zero-order valence-electron chi connectivity index (χ0n) is 10.3. The molecular formula is C12H24N2O. The molecule has 88 valence electrons. The molecule has 0 radical (unpaired) electrons. The van der Waals surface area contributed by atoms with E-state index in [1.54, 1.807) is 0 Å². The Morgan fingerprint density at radius 2 is 1.80 bits per heavy atom. The summed E-state index contributed by atoms with van der Waals surface area (Å²) in [6.07, 6.45) is 0. The van der Waals surface area contributed by atoms with Crippen molar-refractivity contribution >= 4 is 0 Å². The van der Waals surface area contributed by atoms with Crippen molar-refractivity contribution in [3.8, 4) is 0 Å². The third-order valence-corrected chi connectivity index (χ3v) is 3.62. The van der Waals surface area contributed by atoms with Gasteiger partial charge in [0.15, 0.2) is 0 Å². The van der Waals surface area contributed by atoms with Gasteiger partial charge in [0.2, 0.25) is 0 Å². The molecule has 3 nitrogen and oxygen atoms in total. The van der Waals surface area contributed by atoms with E-state index in [4.69, 9.17) is 4.74 Å². The molecule has 2 aliphatic heterocycles. The van der Waals surface area contributed by atoms with Crippen molar-refractivity contribution in [2.75, 3.05) is 45.9 Å². The summed E-state index contributed by atoms with van der Waals surface area (Å²) >= 11 is 0. The predicted octanol–water partition coefficient (Wildman–Crippen LogP) is 1.05. The summed E-state index contributed by atoms with van der Waals surface area (Å²) in [7, 11) is 0. The highest BCUT2D eigenvalue weighted by atomic mass is 16.5. The third-order valence-electron chi connectivity index (χ3n) is 3.62. The van der Waals surface area contributed by atoms with Crippen molar-refractivity contribution in [3.63, 3.8) is 0 Å². The number of hydrogen-bond acceptors (Lipinski definition) is 3. The molecule has 0 aromatic carbocycles. The van der Waals surface area contributed by atoms with E-state index in [2.05, 4.69) is 30.6 Å². The molecule has 0 bridgehead atoms. The minimum Gasteiger partial charge on any atom is -0.379 e. The Bertz CT molecular complexity index is 206. The number of likely N-dealkylation sites (tertiary alicyclic amines) is 1. The van der Waals surface area contributed by atoms with Gasteiger partial charge >= 0.3 is 0 Å². The standard InChI is InChI=1S/C12H24N2O/c1-11-8-13(9-11)10-12(2,3)14-4-6-15-7-5-14/h11H,4-10H2,1-3H3. The van der Waals surface area contributed by atoms with Crippen LogP contribution in [0.4, 0.5) is 0 Å². The summed E-state index contributed by atoms with van der Waals surface area (Å²) in [5.41, 5.74) is 0.309. The first kappa shape index (κ1) is 11.4. The molecule has 2 fully saturated rings. The first-order chi connectivity index (χ1) is 7.08. The first-order valence-electron chi connectivity index (χ1n) is 6.13. The van der Waals surface area contributed by atoms with Crippen molar-refractivity contribution in [2.45, 2.75) is 26.3 Å². The van der Waals surface area contributed by atoms with Crippen LogP contribution in [0.3, 0.4) is 0 Å². The van der Waals surface area contributed by atoms with E-state index in [9.17, 15) is 0 Å². The number of hydrogen-bond donors (Lipinski definition) is 0. The largest absolute Gasteiger partial charge is 0.379 e. The van der Waals surface area contributed by atoms with Gasteiger partial charge in [-0.2, -0.15) is 0 Å². The fraction of sp³-hybridized carbons (Fsp3) is 1.00. The Hall–Kier alpha value is -0.120. The molecule has 0 N–H and O–H groups in total.